The van der Waals surface area contributed by atoms with Gasteiger partial charge in [0.1, 0.15) is 11.4 Å². The summed E-state index contributed by atoms with van der Waals surface area (Å²) in [5.41, 5.74) is -1.05. The van der Waals surface area contributed by atoms with Crippen LogP contribution in [0.2, 0.25) is 5.02 Å². The van der Waals surface area contributed by atoms with Gasteiger partial charge in [-0.3, -0.25) is 0 Å². The highest BCUT2D eigenvalue weighted by atomic mass is 35.5. The highest BCUT2D eigenvalue weighted by Crippen LogP contribution is 2.35. The highest BCUT2D eigenvalue weighted by molar-refractivity contribution is 7.89. The summed E-state index contributed by atoms with van der Waals surface area (Å²) in [6.45, 7) is 1.26. The molecular formula is C16H15ClFNO5S. The lowest BCUT2D eigenvalue weighted by molar-refractivity contribution is 0.0625. The lowest BCUT2D eigenvalue weighted by Gasteiger charge is -2.24. The number of hydrogen-bond donors (Lipinski definition) is 2. The van der Waals surface area contributed by atoms with Crippen LogP contribution < -0.4 is 14.2 Å². The van der Waals surface area contributed by atoms with Crippen LogP contribution in [0.3, 0.4) is 0 Å². The Bertz CT molecular complexity index is 917. The van der Waals surface area contributed by atoms with E-state index in [1.807, 2.05) is 0 Å². The fourth-order valence-corrected chi connectivity index (χ4v) is 3.70. The molecule has 9 heteroatoms. The van der Waals surface area contributed by atoms with Crippen LogP contribution in [0.5, 0.6) is 11.5 Å². The van der Waals surface area contributed by atoms with Gasteiger partial charge in [0.15, 0.2) is 11.5 Å². The maximum Gasteiger partial charge on any atom is 0.240 e. The second kappa shape index (κ2) is 6.45. The molecule has 6 nitrogen and oxygen atoms in total. The van der Waals surface area contributed by atoms with Crippen LogP contribution in [0.4, 0.5) is 4.39 Å². The molecule has 1 aliphatic heterocycles. The van der Waals surface area contributed by atoms with Gasteiger partial charge in [-0.25, -0.2) is 17.5 Å². The minimum atomic E-state index is -3.97. The summed E-state index contributed by atoms with van der Waals surface area (Å²) in [7, 11) is -3.97. The topological polar surface area (TPSA) is 84.9 Å². The number of benzene rings is 2. The van der Waals surface area contributed by atoms with Gasteiger partial charge >= 0.3 is 0 Å². The van der Waals surface area contributed by atoms with Crippen molar-refractivity contribution in [3.05, 3.63) is 52.8 Å². The Morgan fingerprint density at radius 1 is 1.24 bits per heavy atom. The maximum absolute atomic E-state index is 13.2. The Morgan fingerprint density at radius 2 is 1.96 bits per heavy atom. The van der Waals surface area contributed by atoms with Crippen LogP contribution in [0.1, 0.15) is 12.5 Å². The van der Waals surface area contributed by atoms with E-state index in [2.05, 4.69) is 4.72 Å². The summed E-state index contributed by atoms with van der Waals surface area (Å²) in [5.74, 6) is 0.319. The third kappa shape index (κ3) is 3.72. The predicted molar refractivity (Wildman–Crippen MR) is 88.7 cm³/mol. The molecule has 1 heterocycles. The molecule has 0 saturated carbocycles. The maximum atomic E-state index is 13.2. The molecule has 134 valence electrons. The number of fused-ring (bicyclic) bond motifs is 1. The number of halogens is 2. The van der Waals surface area contributed by atoms with Crippen LogP contribution in [0, 0.1) is 5.82 Å². The van der Waals surface area contributed by atoms with Gasteiger partial charge in [0, 0.05) is 6.54 Å². The molecule has 0 fully saturated rings. The second-order valence-corrected chi connectivity index (χ2v) is 7.92. The van der Waals surface area contributed by atoms with E-state index in [1.54, 1.807) is 18.2 Å². The number of ether oxygens (including phenoxy) is 2. The third-order valence-electron chi connectivity index (χ3n) is 3.80. The van der Waals surface area contributed by atoms with Crippen molar-refractivity contribution in [2.75, 3.05) is 13.3 Å². The Hall–Kier alpha value is -1.87. The Morgan fingerprint density at radius 3 is 2.68 bits per heavy atom. The third-order valence-corrected chi connectivity index (χ3v) is 5.49. The number of nitrogens with one attached hydrogen (secondary N) is 1. The molecule has 0 amide bonds. The summed E-state index contributed by atoms with van der Waals surface area (Å²) >= 11 is 5.62. The molecule has 0 radical (unpaired) electrons. The molecule has 0 bridgehead atoms. The van der Waals surface area contributed by atoms with Gasteiger partial charge in [0.25, 0.3) is 0 Å². The molecule has 3 rings (SSSR count). The number of rotatable bonds is 5. The van der Waals surface area contributed by atoms with Crippen LogP contribution >= 0.6 is 11.6 Å². The quantitative estimate of drug-likeness (QED) is 0.822. The highest BCUT2D eigenvalue weighted by Gasteiger charge is 2.28. The lowest BCUT2D eigenvalue weighted by Crippen LogP contribution is -2.38. The molecule has 25 heavy (non-hydrogen) atoms. The van der Waals surface area contributed by atoms with Crippen molar-refractivity contribution < 1.29 is 27.4 Å². The van der Waals surface area contributed by atoms with E-state index >= 15 is 0 Å². The summed E-state index contributed by atoms with van der Waals surface area (Å²) < 4.78 is 50.6. The molecule has 0 saturated heterocycles. The fraction of sp³-hybridized carbons (Fsp3) is 0.250. The van der Waals surface area contributed by atoms with E-state index in [0.29, 0.717) is 17.1 Å². The van der Waals surface area contributed by atoms with Gasteiger partial charge in [-0.2, -0.15) is 0 Å². The average Bonchev–Trinajstić information content (AvgIpc) is 3.03. The summed E-state index contributed by atoms with van der Waals surface area (Å²) in [5, 5.41) is 10.3. The lowest BCUT2D eigenvalue weighted by atomic mass is 9.96. The van der Waals surface area contributed by atoms with E-state index in [0.717, 1.165) is 18.2 Å². The molecule has 0 aromatic heterocycles. The van der Waals surface area contributed by atoms with Gasteiger partial charge in [0.2, 0.25) is 16.8 Å². The van der Waals surface area contributed by atoms with E-state index in [9.17, 15) is 17.9 Å². The van der Waals surface area contributed by atoms with Crippen LogP contribution in [-0.2, 0) is 15.6 Å². The minimum absolute atomic E-state index is 0.0961. The van der Waals surface area contributed by atoms with Crippen molar-refractivity contribution >= 4 is 21.6 Å². The van der Waals surface area contributed by atoms with Crippen LogP contribution in [0.15, 0.2) is 41.3 Å². The Kier molecular flexibility index (Phi) is 4.63. The molecule has 0 unspecified atom stereocenters. The molecule has 0 spiro atoms. The van der Waals surface area contributed by atoms with E-state index in [1.165, 1.54) is 6.92 Å². The van der Waals surface area contributed by atoms with E-state index < -0.39 is 21.4 Å². The largest absolute Gasteiger partial charge is 0.454 e. The normalized spacial score (nSPS) is 15.8. The number of aliphatic hydroxyl groups is 1. The zero-order valence-corrected chi connectivity index (χ0v) is 14.7. The number of hydrogen-bond acceptors (Lipinski definition) is 5. The summed E-state index contributed by atoms with van der Waals surface area (Å²) in [6.07, 6.45) is 0. The van der Waals surface area contributed by atoms with Crippen molar-refractivity contribution in [3.63, 3.8) is 0 Å². The van der Waals surface area contributed by atoms with E-state index in [4.69, 9.17) is 21.1 Å². The molecule has 1 aliphatic rings. The van der Waals surface area contributed by atoms with Crippen molar-refractivity contribution in [2.24, 2.45) is 0 Å². The molecular weight excluding hydrogens is 373 g/mol. The van der Waals surface area contributed by atoms with Crippen molar-refractivity contribution in [1.82, 2.24) is 4.72 Å². The molecule has 2 aromatic rings. The van der Waals surface area contributed by atoms with Crippen LogP contribution in [-0.4, -0.2) is 26.9 Å². The minimum Gasteiger partial charge on any atom is -0.454 e. The monoisotopic (exact) mass is 387 g/mol. The Labute approximate surface area is 149 Å². The zero-order valence-electron chi connectivity index (χ0n) is 13.1. The SMILES string of the molecule is C[C@](O)(CNS(=O)(=O)c1ccc(F)c(Cl)c1)c1ccc2c(c1)OCO2. The first-order chi connectivity index (χ1) is 11.7. The number of sulfonamides is 1. The van der Waals surface area contributed by atoms with Gasteiger partial charge in [-0.15, -0.1) is 0 Å². The second-order valence-electron chi connectivity index (χ2n) is 5.74. The molecule has 1 atom stereocenters. The molecule has 2 aromatic carbocycles. The van der Waals surface area contributed by atoms with Gasteiger partial charge in [-0.05, 0) is 42.8 Å². The van der Waals surface area contributed by atoms with Crippen molar-refractivity contribution in [1.29, 1.82) is 0 Å². The zero-order chi connectivity index (χ0) is 18.2. The Balaban J connectivity index is 1.78. The summed E-state index contributed by atoms with van der Waals surface area (Å²) in [4.78, 5) is -0.194. The van der Waals surface area contributed by atoms with Crippen molar-refractivity contribution in [3.8, 4) is 11.5 Å². The molecule has 0 aliphatic carbocycles. The average molecular weight is 388 g/mol. The summed E-state index contributed by atoms with van der Waals surface area (Å²) in [6, 6.07) is 7.92. The van der Waals surface area contributed by atoms with Crippen molar-refractivity contribution in [2.45, 2.75) is 17.4 Å². The first-order valence-electron chi connectivity index (χ1n) is 7.26. The first-order valence-corrected chi connectivity index (χ1v) is 9.12. The smallest absolute Gasteiger partial charge is 0.240 e. The first kappa shape index (κ1) is 17.9. The standard InChI is InChI=1S/C16H15ClFNO5S/c1-16(20,10-2-5-14-15(6-10)24-9-23-14)8-19-25(21,22)11-3-4-13(18)12(17)7-11/h2-7,19-20H,8-9H2,1H3/t16-/m0/s1. The van der Waals surface area contributed by atoms with E-state index in [-0.39, 0.29) is 23.3 Å². The van der Waals surface area contributed by atoms with Gasteiger partial charge < -0.3 is 14.6 Å². The molecule has 2 N–H and O–H groups in total. The van der Waals surface area contributed by atoms with Gasteiger partial charge in [0.05, 0.1) is 9.92 Å². The predicted octanol–water partition coefficient (Wildman–Crippen LogP) is 2.39. The fourth-order valence-electron chi connectivity index (χ4n) is 2.30. The van der Waals surface area contributed by atoms with Gasteiger partial charge in [-0.1, -0.05) is 17.7 Å². The van der Waals surface area contributed by atoms with Crippen LogP contribution in [0.25, 0.3) is 0 Å².